The number of nitrogen functional groups attached to an aromatic ring is 1. The van der Waals surface area contributed by atoms with E-state index in [-0.39, 0.29) is 0 Å². The van der Waals surface area contributed by atoms with Gasteiger partial charge >= 0.3 is 0 Å². The summed E-state index contributed by atoms with van der Waals surface area (Å²) in [6, 6.07) is 22.2. The summed E-state index contributed by atoms with van der Waals surface area (Å²) in [5.74, 6) is 0.631. The number of nitrogens with one attached hydrogen (secondary N) is 1. The lowest BCUT2D eigenvalue weighted by atomic mass is 10.0. The Hall–Kier alpha value is -3.32. The fourth-order valence-electron chi connectivity index (χ4n) is 2.76. The molecule has 0 aliphatic rings. The third-order valence-electron chi connectivity index (χ3n) is 4.20. The Morgan fingerprint density at radius 3 is 2.32 bits per heavy atom. The second-order valence-electron chi connectivity index (χ2n) is 5.86. The first-order valence-electron chi connectivity index (χ1n) is 8.24. The van der Waals surface area contributed by atoms with E-state index in [0.29, 0.717) is 22.8 Å². The minimum atomic E-state index is 0.525. The number of anilines is 2. The summed E-state index contributed by atoms with van der Waals surface area (Å²) in [7, 11) is 0. The highest BCUT2D eigenvalue weighted by Gasteiger charge is 2.16. The van der Waals surface area contributed by atoms with Gasteiger partial charge in [-0.05, 0) is 24.5 Å². The largest absolute Gasteiger partial charge is 0.395 e. The molecular weight excluding hydrogens is 308 g/mol. The van der Waals surface area contributed by atoms with E-state index in [9.17, 15) is 5.26 Å². The fourth-order valence-corrected chi connectivity index (χ4v) is 2.76. The van der Waals surface area contributed by atoms with Crippen LogP contribution in [0.1, 0.15) is 16.7 Å². The number of hydrogen-bond acceptors (Lipinski definition) is 4. The van der Waals surface area contributed by atoms with Crippen molar-refractivity contribution in [1.82, 2.24) is 4.98 Å². The highest BCUT2D eigenvalue weighted by Crippen LogP contribution is 2.31. The number of benzene rings is 2. The van der Waals surface area contributed by atoms with Crippen LogP contribution in [-0.4, -0.2) is 11.5 Å². The standard InChI is InChI=1S/C21H20N4/c1-15-18(14-22)20(17-10-6-3-7-11-17)25-21(19(15)23)24-13-12-16-8-4-2-5-9-16/h2-11H,12-13,23H2,1H3,(H,24,25). The Kier molecular flexibility index (Phi) is 4.96. The van der Waals surface area contributed by atoms with Crippen molar-refractivity contribution in [2.75, 3.05) is 17.6 Å². The number of nitrogens with zero attached hydrogens (tertiary/aromatic N) is 2. The van der Waals surface area contributed by atoms with E-state index in [1.54, 1.807) is 0 Å². The number of aromatic nitrogens is 1. The van der Waals surface area contributed by atoms with Crippen LogP contribution in [0.25, 0.3) is 11.3 Å². The molecule has 1 heterocycles. The number of hydrogen-bond donors (Lipinski definition) is 2. The summed E-state index contributed by atoms with van der Waals surface area (Å²) in [6.07, 6.45) is 0.877. The van der Waals surface area contributed by atoms with Crippen molar-refractivity contribution in [3.63, 3.8) is 0 Å². The zero-order valence-corrected chi connectivity index (χ0v) is 14.2. The molecule has 1 aromatic heterocycles. The molecule has 0 saturated heterocycles. The molecule has 0 atom stereocenters. The summed E-state index contributed by atoms with van der Waals surface area (Å²) in [4.78, 5) is 4.65. The van der Waals surface area contributed by atoms with Crippen molar-refractivity contribution < 1.29 is 0 Å². The number of rotatable bonds is 5. The van der Waals surface area contributed by atoms with Gasteiger partial charge in [0.05, 0.1) is 16.9 Å². The highest BCUT2D eigenvalue weighted by molar-refractivity contribution is 5.78. The summed E-state index contributed by atoms with van der Waals surface area (Å²) in [5, 5.41) is 12.9. The topological polar surface area (TPSA) is 74.7 Å². The molecule has 0 amide bonds. The lowest BCUT2D eigenvalue weighted by Crippen LogP contribution is -2.11. The molecule has 3 aromatic rings. The first-order chi connectivity index (χ1) is 12.2. The Labute approximate surface area is 148 Å². The second kappa shape index (κ2) is 7.50. The van der Waals surface area contributed by atoms with Gasteiger partial charge in [-0.15, -0.1) is 0 Å². The first kappa shape index (κ1) is 16.5. The lowest BCUT2D eigenvalue weighted by Gasteiger charge is -2.15. The second-order valence-corrected chi connectivity index (χ2v) is 5.86. The summed E-state index contributed by atoms with van der Waals surface area (Å²) in [6.45, 7) is 2.59. The molecule has 0 spiro atoms. The molecule has 0 fully saturated rings. The van der Waals surface area contributed by atoms with Crippen LogP contribution in [0, 0.1) is 18.3 Å². The van der Waals surface area contributed by atoms with E-state index in [1.165, 1.54) is 5.56 Å². The number of pyridine rings is 1. The van der Waals surface area contributed by atoms with Gasteiger partial charge < -0.3 is 11.1 Å². The minimum Gasteiger partial charge on any atom is -0.395 e. The van der Waals surface area contributed by atoms with Crippen LogP contribution in [0.15, 0.2) is 60.7 Å². The summed E-state index contributed by atoms with van der Waals surface area (Å²) >= 11 is 0. The fraction of sp³-hybridized carbons (Fsp3) is 0.143. The van der Waals surface area contributed by atoms with E-state index in [0.717, 1.165) is 24.1 Å². The smallest absolute Gasteiger partial charge is 0.150 e. The normalized spacial score (nSPS) is 10.2. The van der Waals surface area contributed by atoms with Gasteiger partial charge in [0.25, 0.3) is 0 Å². The predicted octanol–water partition coefficient (Wildman–Crippen LogP) is 4.17. The third kappa shape index (κ3) is 3.61. The quantitative estimate of drug-likeness (QED) is 0.737. The molecule has 3 rings (SSSR count). The van der Waals surface area contributed by atoms with E-state index < -0.39 is 0 Å². The van der Waals surface area contributed by atoms with Crippen LogP contribution in [0.3, 0.4) is 0 Å². The van der Waals surface area contributed by atoms with Crippen molar-refractivity contribution in [2.24, 2.45) is 0 Å². The molecule has 0 saturated carbocycles. The molecule has 0 radical (unpaired) electrons. The Bertz CT molecular complexity index is 897. The van der Waals surface area contributed by atoms with Gasteiger partial charge in [-0.25, -0.2) is 4.98 Å². The van der Waals surface area contributed by atoms with E-state index in [1.807, 2.05) is 55.5 Å². The van der Waals surface area contributed by atoms with Crippen LogP contribution < -0.4 is 11.1 Å². The molecule has 3 N–H and O–H groups in total. The van der Waals surface area contributed by atoms with Crippen molar-refractivity contribution in [2.45, 2.75) is 13.3 Å². The van der Waals surface area contributed by atoms with E-state index in [4.69, 9.17) is 5.73 Å². The molecule has 0 bridgehead atoms. The molecule has 25 heavy (non-hydrogen) atoms. The molecule has 0 aliphatic heterocycles. The molecule has 124 valence electrons. The first-order valence-corrected chi connectivity index (χ1v) is 8.24. The van der Waals surface area contributed by atoms with Crippen LogP contribution in [0.2, 0.25) is 0 Å². The summed E-state index contributed by atoms with van der Waals surface area (Å²) < 4.78 is 0. The molecule has 2 aromatic carbocycles. The molecule has 4 nitrogen and oxygen atoms in total. The average Bonchev–Trinajstić information content (AvgIpc) is 2.66. The van der Waals surface area contributed by atoms with Gasteiger partial charge in [0.15, 0.2) is 0 Å². The van der Waals surface area contributed by atoms with Gasteiger partial charge in [0.2, 0.25) is 0 Å². The highest BCUT2D eigenvalue weighted by atomic mass is 15.0. The maximum absolute atomic E-state index is 9.53. The minimum absolute atomic E-state index is 0.525. The van der Waals surface area contributed by atoms with Crippen LogP contribution in [0.4, 0.5) is 11.5 Å². The Balaban J connectivity index is 1.89. The SMILES string of the molecule is Cc1c(N)c(NCCc2ccccc2)nc(-c2ccccc2)c1C#N. The average molecular weight is 328 g/mol. The molecule has 0 aliphatic carbocycles. The van der Waals surface area contributed by atoms with E-state index in [2.05, 4.69) is 28.5 Å². The van der Waals surface area contributed by atoms with Gasteiger partial charge in [0.1, 0.15) is 11.9 Å². The lowest BCUT2D eigenvalue weighted by molar-refractivity contribution is 1.01. The van der Waals surface area contributed by atoms with Crippen molar-refractivity contribution in [1.29, 1.82) is 5.26 Å². The monoisotopic (exact) mass is 328 g/mol. The van der Waals surface area contributed by atoms with E-state index >= 15 is 0 Å². The van der Waals surface area contributed by atoms with Gasteiger partial charge in [-0.3, -0.25) is 0 Å². The van der Waals surface area contributed by atoms with Crippen molar-refractivity contribution in [3.8, 4) is 17.3 Å². The van der Waals surface area contributed by atoms with Crippen molar-refractivity contribution >= 4 is 11.5 Å². The van der Waals surface area contributed by atoms with Gasteiger partial charge in [-0.2, -0.15) is 5.26 Å². The van der Waals surface area contributed by atoms with Crippen LogP contribution in [0.5, 0.6) is 0 Å². The van der Waals surface area contributed by atoms with Crippen LogP contribution >= 0.6 is 0 Å². The zero-order chi connectivity index (χ0) is 17.6. The zero-order valence-electron chi connectivity index (χ0n) is 14.2. The van der Waals surface area contributed by atoms with Gasteiger partial charge in [0, 0.05) is 12.1 Å². The maximum Gasteiger partial charge on any atom is 0.150 e. The molecule has 4 heteroatoms. The van der Waals surface area contributed by atoms with Crippen molar-refractivity contribution in [3.05, 3.63) is 77.4 Å². The molecular formula is C21H20N4. The number of nitriles is 1. The number of nitrogens with two attached hydrogens (primary N) is 1. The van der Waals surface area contributed by atoms with Gasteiger partial charge in [-0.1, -0.05) is 60.7 Å². The van der Waals surface area contributed by atoms with Crippen LogP contribution in [-0.2, 0) is 6.42 Å². The summed E-state index contributed by atoms with van der Waals surface area (Å²) in [5.41, 5.74) is 10.9. The Morgan fingerprint density at radius 2 is 1.68 bits per heavy atom. The molecule has 0 unspecified atom stereocenters. The predicted molar refractivity (Wildman–Crippen MR) is 102 cm³/mol. The maximum atomic E-state index is 9.53. The Morgan fingerprint density at radius 1 is 1.04 bits per heavy atom. The third-order valence-corrected chi connectivity index (χ3v) is 4.20.